The first-order chi connectivity index (χ1) is 9.90. The average molecular weight is 290 g/mol. The van der Waals surface area contributed by atoms with Crippen LogP contribution in [-0.2, 0) is 6.42 Å². The normalized spacial score (nSPS) is 15.5. The lowest BCUT2D eigenvalue weighted by molar-refractivity contribution is 0.207. The molecule has 0 saturated carbocycles. The summed E-state index contributed by atoms with van der Waals surface area (Å²) >= 11 is 0. The van der Waals surface area contributed by atoms with E-state index in [9.17, 15) is 4.39 Å². The summed E-state index contributed by atoms with van der Waals surface area (Å²) in [6.07, 6.45) is 6.43. The third kappa shape index (κ3) is 5.65. The lowest BCUT2D eigenvalue weighted by Crippen LogP contribution is -2.22. The quantitative estimate of drug-likeness (QED) is 0.354. The summed E-state index contributed by atoms with van der Waals surface area (Å²) in [7, 11) is 0. The van der Waals surface area contributed by atoms with E-state index in [0.29, 0.717) is 12.0 Å². The summed E-state index contributed by atoms with van der Waals surface area (Å²) in [5.74, 6) is 0.265. The summed E-state index contributed by atoms with van der Waals surface area (Å²) in [5.41, 5.74) is 1.99. The van der Waals surface area contributed by atoms with Crippen molar-refractivity contribution >= 4 is 0 Å². The molecule has 0 heterocycles. The van der Waals surface area contributed by atoms with E-state index in [1.165, 1.54) is 30.4 Å². The van der Waals surface area contributed by atoms with Crippen LogP contribution < -0.4 is 0 Å². The smallest absolute Gasteiger partial charge is 0.129 e. The van der Waals surface area contributed by atoms with Gasteiger partial charge in [0.25, 0.3) is 0 Å². The summed E-state index contributed by atoms with van der Waals surface area (Å²) in [5, 5.41) is 0. The van der Waals surface area contributed by atoms with Crippen LogP contribution in [0.4, 0.5) is 4.39 Å². The third-order valence-corrected chi connectivity index (χ3v) is 4.53. The molecule has 0 spiro atoms. The molecule has 0 nitrogen and oxygen atoms in total. The molecular weight excluding hydrogens is 259 g/mol. The van der Waals surface area contributed by atoms with Gasteiger partial charge in [-0.25, -0.2) is 4.39 Å². The monoisotopic (exact) mass is 290 g/mol. The standard InChI is InChI=1S/C20H31F/c1-6-8-9-10-17-11-13-19(14-12-17)18(7-2)15-20(5,21)16(3)4/h11-14,18H,3,6-10,15H2,1-2,4-5H3. The van der Waals surface area contributed by atoms with Crippen LogP contribution in [0.5, 0.6) is 0 Å². The van der Waals surface area contributed by atoms with Gasteiger partial charge in [-0.05, 0) is 62.1 Å². The van der Waals surface area contributed by atoms with Crippen molar-refractivity contribution in [3.05, 3.63) is 47.5 Å². The summed E-state index contributed by atoms with van der Waals surface area (Å²) < 4.78 is 14.5. The van der Waals surface area contributed by atoms with Gasteiger partial charge in [0, 0.05) is 0 Å². The second-order valence-electron chi connectivity index (χ2n) is 6.49. The van der Waals surface area contributed by atoms with Crippen LogP contribution >= 0.6 is 0 Å². The van der Waals surface area contributed by atoms with Crippen LogP contribution in [0, 0.1) is 0 Å². The minimum atomic E-state index is -1.28. The Bertz CT molecular complexity index is 428. The number of alkyl halides is 1. The number of rotatable bonds is 9. The molecule has 0 amide bonds. The molecule has 1 aromatic rings. The summed E-state index contributed by atoms with van der Waals surface area (Å²) in [6, 6.07) is 8.79. The summed E-state index contributed by atoms with van der Waals surface area (Å²) in [4.78, 5) is 0. The highest BCUT2D eigenvalue weighted by Crippen LogP contribution is 2.35. The Hall–Kier alpha value is -1.11. The van der Waals surface area contributed by atoms with Gasteiger partial charge in [-0.2, -0.15) is 0 Å². The minimum absolute atomic E-state index is 0.265. The maximum Gasteiger partial charge on any atom is 0.129 e. The van der Waals surface area contributed by atoms with Crippen molar-refractivity contribution in [3.8, 4) is 0 Å². The van der Waals surface area contributed by atoms with Gasteiger partial charge in [-0.15, -0.1) is 0 Å². The molecule has 2 atom stereocenters. The van der Waals surface area contributed by atoms with E-state index in [-0.39, 0.29) is 5.92 Å². The Morgan fingerprint density at radius 3 is 2.29 bits per heavy atom. The number of aryl methyl sites for hydroxylation is 1. The molecule has 0 aliphatic carbocycles. The number of hydrogen-bond acceptors (Lipinski definition) is 0. The lowest BCUT2D eigenvalue weighted by atomic mass is 9.83. The van der Waals surface area contributed by atoms with Gasteiger partial charge in [0.15, 0.2) is 0 Å². The van der Waals surface area contributed by atoms with Crippen LogP contribution in [0.2, 0.25) is 0 Å². The highest BCUT2D eigenvalue weighted by Gasteiger charge is 2.28. The Kier molecular flexibility index (Phi) is 7.14. The molecule has 0 fully saturated rings. The van der Waals surface area contributed by atoms with E-state index >= 15 is 0 Å². The lowest BCUT2D eigenvalue weighted by Gasteiger charge is -2.26. The molecule has 1 heteroatoms. The molecule has 0 radical (unpaired) electrons. The number of hydrogen-bond donors (Lipinski definition) is 0. The number of allylic oxidation sites excluding steroid dienone is 1. The van der Waals surface area contributed by atoms with Crippen LogP contribution in [0.3, 0.4) is 0 Å². The predicted molar refractivity (Wildman–Crippen MR) is 91.6 cm³/mol. The van der Waals surface area contributed by atoms with Crippen molar-refractivity contribution < 1.29 is 4.39 Å². The second kappa shape index (κ2) is 8.36. The maximum atomic E-state index is 14.5. The molecule has 0 N–H and O–H groups in total. The molecule has 2 unspecified atom stereocenters. The van der Waals surface area contributed by atoms with Crippen LogP contribution in [0.15, 0.2) is 36.4 Å². The molecule has 1 rings (SSSR count). The number of benzene rings is 1. The van der Waals surface area contributed by atoms with Gasteiger partial charge < -0.3 is 0 Å². The van der Waals surface area contributed by atoms with E-state index in [1.807, 2.05) is 0 Å². The van der Waals surface area contributed by atoms with Crippen molar-refractivity contribution in [1.29, 1.82) is 0 Å². The third-order valence-electron chi connectivity index (χ3n) is 4.53. The van der Waals surface area contributed by atoms with E-state index in [4.69, 9.17) is 0 Å². The van der Waals surface area contributed by atoms with E-state index in [1.54, 1.807) is 13.8 Å². The first kappa shape index (κ1) is 17.9. The minimum Gasteiger partial charge on any atom is -0.239 e. The fraction of sp³-hybridized carbons (Fsp3) is 0.600. The second-order valence-corrected chi connectivity index (χ2v) is 6.49. The van der Waals surface area contributed by atoms with Gasteiger partial charge in [0.2, 0.25) is 0 Å². The number of halogens is 1. The molecule has 0 aromatic heterocycles. The maximum absolute atomic E-state index is 14.5. The Morgan fingerprint density at radius 1 is 1.19 bits per heavy atom. The van der Waals surface area contributed by atoms with Crippen molar-refractivity contribution in [2.75, 3.05) is 0 Å². The molecule has 0 bridgehead atoms. The van der Waals surface area contributed by atoms with Crippen molar-refractivity contribution in [2.24, 2.45) is 0 Å². The highest BCUT2D eigenvalue weighted by atomic mass is 19.1. The van der Waals surface area contributed by atoms with Crippen LogP contribution in [0.25, 0.3) is 0 Å². The van der Waals surface area contributed by atoms with Crippen LogP contribution in [-0.4, -0.2) is 5.67 Å². The molecular formula is C20H31F. The topological polar surface area (TPSA) is 0 Å². The zero-order valence-corrected chi connectivity index (χ0v) is 14.2. The zero-order valence-electron chi connectivity index (χ0n) is 14.2. The Morgan fingerprint density at radius 2 is 1.81 bits per heavy atom. The van der Waals surface area contributed by atoms with E-state index in [0.717, 1.165) is 12.8 Å². The van der Waals surface area contributed by atoms with E-state index in [2.05, 4.69) is 44.7 Å². The fourth-order valence-corrected chi connectivity index (χ4v) is 2.67. The Labute approximate surface area is 130 Å². The molecule has 21 heavy (non-hydrogen) atoms. The average Bonchev–Trinajstić information content (AvgIpc) is 2.46. The predicted octanol–water partition coefficient (Wildman–Crippen LogP) is 6.61. The largest absolute Gasteiger partial charge is 0.239 e. The van der Waals surface area contributed by atoms with Gasteiger partial charge in [0.05, 0.1) is 0 Å². The molecule has 0 aliphatic rings. The highest BCUT2D eigenvalue weighted by molar-refractivity contribution is 5.26. The zero-order chi connectivity index (χ0) is 15.9. The summed E-state index contributed by atoms with van der Waals surface area (Å²) in [6.45, 7) is 11.6. The van der Waals surface area contributed by atoms with Gasteiger partial charge in [-0.3, -0.25) is 0 Å². The SMILES string of the molecule is C=C(C)C(C)(F)CC(CC)c1ccc(CCCCC)cc1. The van der Waals surface area contributed by atoms with Crippen molar-refractivity contribution in [1.82, 2.24) is 0 Å². The number of unbranched alkanes of at least 4 members (excludes halogenated alkanes) is 2. The fourth-order valence-electron chi connectivity index (χ4n) is 2.67. The molecule has 0 aliphatic heterocycles. The van der Waals surface area contributed by atoms with E-state index < -0.39 is 5.67 Å². The van der Waals surface area contributed by atoms with Gasteiger partial charge >= 0.3 is 0 Å². The van der Waals surface area contributed by atoms with Gasteiger partial charge in [0.1, 0.15) is 5.67 Å². The first-order valence-electron chi connectivity index (χ1n) is 8.34. The van der Waals surface area contributed by atoms with Crippen molar-refractivity contribution in [2.45, 2.75) is 77.8 Å². The van der Waals surface area contributed by atoms with Crippen LogP contribution in [0.1, 0.15) is 76.8 Å². The molecule has 0 saturated heterocycles. The first-order valence-corrected chi connectivity index (χ1v) is 8.34. The molecule has 1 aromatic carbocycles. The Balaban J connectivity index is 2.71. The van der Waals surface area contributed by atoms with Crippen molar-refractivity contribution in [3.63, 3.8) is 0 Å². The molecule has 118 valence electrons. The van der Waals surface area contributed by atoms with Gasteiger partial charge in [-0.1, -0.05) is 57.5 Å².